The Balaban J connectivity index is 2.15. The maximum Gasteiger partial charge on any atom is 0.435 e. The highest BCUT2D eigenvalue weighted by Gasteiger charge is 2.42. The minimum absolute atomic E-state index is 0.105. The Kier molecular flexibility index (Phi) is 3.77. The predicted molar refractivity (Wildman–Crippen MR) is 75.3 cm³/mol. The van der Waals surface area contributed by atoms with Crippen molar-refractivity contribution in [3.8, 4) is 5.95 Å². The first-order valence-corrected chi connectivity index (χ1v) is 6.99. The van der Waals surface area contributed by atoms with Gasteiger partial charge in [-0.15, -0.1) is 0 Å². The molecule has 0 unspecified atom stereocenters. The Morgan fingerprint density at radius 3 is 2.38 bits per heavy atom. The minimum Gasteiger partial charge on any atom is -0.383 e. The van der Waals surface area contributed by atoms with Gasteiger partial charge in [-0.3, -0.25) is 0 Å². The third-order valence-electron chi connectivity index (χ3n) is 3.66. The third kappa shape index (κ3) is 2.95. The van der Waals surface area contributed by atoms with E-state index in [2.05, 4.69) is 15.1 Å². The molecule has 5 nitrogen and oxygen atoms in total. The molecule has 2 aromatic rings. The molecule has 2 heterocycles. The van der Waals surface area contributed by atoms with Gasteiger partial charge in [0, 0.05) is 25.2 Å². The van der Waals surface area contributed by atoms with Gasteiger partial charge in [-0.1, -0.05) is 6.08 Å². The summed E-state index contributed by atoms with van der Waals surface area (Å²) in [6, 6.07) is 1.49. The van der Waals surface area contributed by atoms with Gasteiger partial charge in [-0.05, 0) is 18.1 Å². The van der Waals surface area contributed by atoms with Crippen LogP contribution in [0.25, 0.3) is 11.5 Å². The van der Waals surface area contributed by atoms with Gasteiger partial charge in [0.1, 0.15) is 5.82 Å². The fourth-order valence-corrected chi connectivity index (χ4v) is 2.52. The number of nitrogens with zero attached hydrogens (tertiary/aromatic N) is 4. The number of rotatable bonds is 2. The van der Waals surface area contributed by atoms with Crippen LogP contribution in [-0.4, -0.2) is 25.7 Å². The number of alkyl halides is 5. The Hall–Kier alpha value is -2.52. The molecule has 1 aliphatic rings. The molecule has 0 radical (unpaired) electrons. The average Bonchev–Trinajstić information content (AvgIpc) is 2.86. The molecule has 0 saturated heterocycles. The highest BCUT2D eigenvalue weighted by molar-refractivity contribution is 5.77. The number of nitrogen functional groups attached to an aromatic ring is 1. The van der Waals surface area contributed by atoms with Crippen LogP contribution in [0.1, 0.15) is 30.5 Å². The fourth-order valence-electron chi connectivity index (χ4n) is 2.52. The molecule has 0 bridgehead atoms. The quantitative estimate of drug-likeness (QED) is 0.846. The topological polar surface area (TPSA) is 69.6 Å². The van der Waals surface area contributed by atoms with Crippen LogP contribution >= 0.6 is 0 Å². The summed E-state index contributed by atoms with van der Waals surface area (Å²) < 4.78 is 67.2. The van der Waals surface area contributed by atoms with E-state index in [-0.39, 0.29) is 29.3 Å². The molecule has 2 aromatic heterocycles. The van der Waals surface area contributed by atoms with Crippen molar-refractivity contribution in [3.63, 3.8) is 0 Å². The van der Waals surface area contributed by atoms with Gasteiger partial charge in [-0.25, -0.2) is 18.7 Å². The van der Waals surface area contributed by atoms with Gasteiger partial charge in [0.15, 0.2) is 5.69 Å². The normalized spacial score (nSPS) is 17.6. The van der Waals surface area contributed by atoms with E-state index in [0.29, 0.717) is 0 Å². The number of hydrogen-bond acceptors (Lipinski definition) is 4. The summed E-state index contributed by atoms with van der Waals surface area (Å²) in [7, 11) is 0. The van der Waals surface area contributed by atoms with Crippen molar-refractivity contribution in [2.24, 2.45) is 0 Å². The van der Waals surface area contributed by atoms with Crippen molar-refractivity contribution in [1.82, 2.24) is 19.7 Å². The number of anilines is 1. The summed E-state index contributed by atoms with van der Waals surface area (Å²) in [5.74, 6) is -3.38. The third-order valence-corrected chi connectivity index (χ3v) is 3.66. The van der Waals surface area contributed by atoms with E-state index < -0.39 is 30.6 Å². The van der Waals surface area contributed by atoms with Gasteiger partial charge in [0.25, 0.3) is 11.9 Å². The van der Waals surface area contributed by atoms with Crippen molar-refractivity contribution in [2.75, 3.05) is 5.73 Å². The van der Waals surface area contributed by atoms with Gasteiger partial charge in [0.2, 0.25) is 0 Å². The van der Waals surface area contributed by atoms with Crippen LogP contribution in [-0.2, 0) is 6.18 Å². The predicted octanol–water partition coefficient (Wildman–Crippen LogP) is 3.47. The molecule has 0 fully saturated rings. The van der Waals surface area contributed by atoms with E-state index in [9.17, 15) is 22.0 Å². The van der Waals surface area contributed by atoms with Crippen molar-refractivity contribution in [3.05, 3.63) is 35.8 Å². The van der Waals surface area contributed by atoms with Crippen LogP contribution in [0.2, 0.25) is 0 Å². The lowest BCUT2D eigenvalue weighted by atomic mass is 9.91. The van der Waals surface area contributed by atoms with Crippen LogP contribution in [0.5, 0.6) is 0 Å². The molecular weight excluding hydrogens is 333 g/mol. The summed E-state index contributed by atoms with van der Waals surface area (Å²) in [6.07, 6.45) is -2.43. The molecule has 0 amide bonds. The van der Waals surface area contributed by atoms with Gasteiger partial charge < -0.3 is 5.73 Å². The molecule has 0 aliphatic heterocycles. The standard InChI is InChI=1S/C14H12F5N5/c15-13(16)4-2-8(3-5-13)9-10(14(17,18)19)23-24(11(9)20)12-21-6-1-7-22-12/h1-2,6-7H,3-5,20H2. The lowest BCUT2D eigenvalue weighted by Crippen LogP contribution is -2.19. The van der Waals surface area contributed by atoms with E-state index >= 15 is 0 Å². The number of allylic oxidation sites excluding steroid dienone is 2. The maximum absolute atomic E-state index is 13.3. The summed E-state index contributed by atoms with van der Waals surface area (Å²) in [5.41, 5.74) is 4.31. The summed E-state index contributed by atoms with van der Waals surface area (Å²) >= 11 is 0. The van der Waals surface area contributed by atoms with Crippen LogP contribution in [0.3, 0.4) is 0 Å². The van der Waals surface area contributed by atoms with E-state index in [4.69, 9.17) is 5.73 Å². The lowest BCUT2D eigenvalue weighted by Gasteiger charge is -2.22. The minimum atomic E-state index is -4.79. The zero-order chi connectivity index (χ0) is 17.5. The summed E-state index contributed by atoms with van der Waals surface area (Å²) in [6.45, 7) is 0. The second kappa shape index (κ2) is 5.53. The van der Waals surface area contributed by atoms with E-state index in [1.807, 2.05) is 0 Å². The van der Waals surface area contributed by atoms with Crippen molar-refractivity contribution in [2.45, 2.75) is 31.4 Å². The van der Waals surface area contributed by atoms with Crippen LogP contribution in [0.4, 0.5) is 27.8 Å². The number of hydrogen-bond donors (Lipinski definition) is 1. The Morgan fingerprint density at radius 1 is 1.17 bits per heavy atom. The highest BCUT2D eigenvalue weighted by Crippen LogP contribution is 2.43. The van der Waals surface area contributed by atoms with E-state index in [1.165, 1.54) is 18.5 Å². The first kappa shape index (κ1) is 16.3. The smallest absolute Gasteiger partial charge is 0.383 e. The fraction of sp³-hybridized carbons (Fsp3) is 0.357. The zero-order valence-electron chi connectivity index (χ0n) is 12.2. The SMILES string of the molecule is Nc1c(C2=CCC(F)(F)CC2)c(C(F)(F)F)nn1-c1ncccn1. The molecule has 0 saturated carbocycles. The maximum atomic E-state index is 13.3. The molecule has 0 spiro atoms. The second-order valence-corrected chi connectivity index (χ2v) is 5.36. The first-order chi connectivity index (χ1) is 11.2. The lowest BCUT2D eigenvalue weighted by molar-refractivity contribution is -0.141. The van der Waals surface area contributed by atoms with Crippen molar-refractivity contribution >= 4 is 11.4 Å². The molecule has 24 heavy (non-hydrogen) atoms. The molecule has 128 valence electrons. The van der Waals surface area contributed by atoms with Crippen LogP contribution in [0, 0.1) is 0 Å². The molecule has 2 N–H and O–H groups in total. The Labute approximate surface area is 133 Å². The summed E-state index contributed by atoms with van der Waals surface area (Å²) in [4.78, 5) is 7.63. The first-order valence-electron chi connectivity index (χ1n) is 6.99. The second-order valence-electron chi connectivity index (χ2n) is 5.36. The monoisotopic (exact) mass is 345 g/mol. The molecular formula is C14H12F5N5. The number of aromatic nitrogens is 4. The van der Waals surface area contributed by atoms with Crippen molar-refractivity contribution in [1.29, 1.82) is 0 Å². The molecule has 3 rings (SSSR count). The number of halogens is 5. The van der Waals surface area contributed by atoms with E-state index in [0.717, 1.165) is 10.8 Å². The molecule has 10 heteroatoms. The Morgan fingerprint density at radius 2 is 1.83 bits per heavy atom. The zero-order valence-corrected chi connectivity index (χ0v) is 12.2. The summed E-state index contributed by atoms with van der Waals surface area (Å²) in [5, 5.41) is 3.48. The van der Waals surface area contributed by atoms with Crippen molar-refractivity contribution < 1.29 is 22.0 Å². The molecule has 0 aromatic carbocycles. The largest absolute Gasteiger partial charge is 0.435 e. The highest BCUT2D eigenvalue weighted by atomic mass is 19.4. The van der Waals surface area contributed by atoms with Crippen LogP contribution in [0.15, 0.2) is 24.5 Å². The van der Waals surface area contributed by atoms with Gasteiger partial charge in [-0.2, -0.15) is 23.0 Å². The van der Waals surface area contributed by atoms with Crippen LogP contribution < -0.4 is 5.73 Å². The Bertz CT molecular complexity index is 779. The van der Waals surface area contributed by atoms with Gasteiger partial charge >= 0.3 is 6.18 Å². The number of nitrogens with two attached hydrogens (primary N) is 1. The van der Waals surface area contributed by atoms with Gasteiger partial charge in [0.05, 0.1) is 5.56 Å². The van der Waals surface area contributed by atoms with E-state index in [1.54, 1.807) is 0 Å². The molecule has 1 aliphatic carbocycles. The average molecular weight is 345 g/mol. The molecule has 0 atom stereocenters.